The van der Waals surface area contributed by atoms with Gasteiger partial charge in [-0.05, 0) is 104 Å². The van der Waals surface area contributed by atoms with E-state index in [0.717, 1.165) is 55.4 Å². The van der Waals surface area contributed by atoms with Crippen LogP contribution in [-0.4, -0.2) is 9.55 Å². The van der Waals surface area contributed by atoms with Crippen molar-refractivity contribution in [2.24, 2.45) is 0 Å². The van der Waals surface area contributed by atoms with Gasteiger partial charge in [0.1, 0.15) is 5.82 Å². The average Bonchev–Trinajstić information content (AvgIpc) is 4.05. The molecule has 0 saturated heterocycles. The van der Waals surface area contributed by atoms with E-state index in [2.05, 4.69) is 122 Å². The topological polar surface area (TPSA) is 33.5 Å². The van der Waals surface area contributed by atoms with E-state index in [1.807, 2.05) is 105 Å². The maximum atomic E-state index is 16.6. The van der Waals surface area contributed by atoms with Gasteiger partial charge in [-0.3, -0.25) is 0 Å². The Labute approximate surface area is 464 Å². The number of halogens is 5. The van der Waals surface area contributed by atoms with Crippen molar-refractivity contribution in [3.63, 3.8) is 0 Å². The number of anilines is 4. The van der Waals surface area contributed by atoms with Crippen molar-refractivity contribution in [3.8, 4) is 39.6 Å². The van der Waals surface area contributed by atoms with Crippen molar-refractivity contribution in [3.05, 3.63) is 197 Å². The molecule has 0 bridgehead atoms. The average molecular weight is 1220 g/mol. The van der Waals surface area contributed by atoms with Crippen molar-refractivity contribution in [1.29, 1.82) is 0 Å². The van der Waals surface area contributed by atoms with Crippen LogP contribution in [0.25, 0.3) is 49.9 Å². The summed E-state index contributed by atoms with van der Waals surface area (Å²) in [6.45, 7) is 28.9. The summed E-state index contributed by atoms with van der Waals surface area (Å²) in [6, 6.07) is 44.8. The van der Waals surface area contributed by atoms with E-state index >= 15 is 17.6 Å². The molecule has 5 nitrogen and oxygen atoms in total. The Morgan fingerprint density at radius 2 is 1.09 bits per heavy atom. The summed E-state index contributed by atoms with van der Waals surface area (Å²) >= 11 is 0. The molecular weight excluding hydrogens is 1150 g/mol. The van der Waals surface area contributed by atoms with Crippen LogP contribution in [0.5, 0.6) is 11.5 Å². The van der Waals surface area contributed by atoms with Crippen LogP contribution >= 0.6 is 0 Å². The van der Waals surface area contributed by atoms with Gasteiger partial charge in [0.25, 0.3) is 0 Å². The first kappa shape index (κ1) is 55.0. The Morgan fingerprint density at radius 1 is 0.532 bits per heavy atom. The number of rotatable bonds is 9. The number of pyridine rings is 1. The molecule has 2 aromatic heterocycles. The SMILES string of the molecule is CC(C)c1cc(-c2cc(C(C)(C)C)cc(-c3c(F)c(F)c(F)c(F)c3F)c2N2[CH-]N(c3[c-]c(Oc4[c-]c5c(cc4)c4ccccc4n5-c4cc(C(C)(C)C)ccn4)cc(C(C)(C)C)c3)c3ccccc32)cc(C(C)C)c1.[Pt]. The minimum Gasteiger partial charge on any atom is -0.509 e. The van der Waals surface area contributed by atoms with Gasteiger partial charge in [-0.1, -0.05) is 144 Å². The molecule has 77 heavy (non-hydrogen) atoms. The first-order valence-electron chi connectivity index (χ1n) is 25.9. The number of ether oxygens (including phenoxy) is 1. The van der Waals surface area contributed by atoms with Gasteiger partial charge in [0.05, 0.1) is 5.56 Å². The van der Waals surface area contributed by atoms with Crippen LogP contribution < -0.4 is 14.5 Å². The minimum absolute atomic E-state index is 0. The molecule has 10 rings (SSSR count). The molecule has 1 aliphatic rings. The first-order chi connectivity index (χ1) is 35.8. The van der Waals surface area contributed by atoms with Gasteiger partial charge in [-0.2, -0.15) is 6.07 Å². The summed E-state index contributed by atoms with van der Waals surface area (Å²) < 4.78 is 88.2. The number of benzene rings is 7. The van der Waals surface area contributed by atoms with Crippen molar-refractivity contribution >= 4 is 44.6 Å². The second-order valence-corrected chi connectivity index (χ2v) is 23.7. The molecule has 0 spiro atoms. The quantitative estimate of drug-likeness (QED) is 0.0624. The molecule has 400 valence electrons. The Bertz CT molecular complexity index is 3710. The van der Waals surface area contributed by atoms with E-state index in [4.69, 9.17) is 9.72 Å². The number of hydrogen-bond acceptors (Lipinski definition) is 4. The monoisotopic (exact) mass is 1220 g/mol. The van der Waals surface area contributed by atoms with E-state index in [1.54, 1.807) is 17.6 Å². The summed E-state index contributed by atoms with van der Waals surface area (Å²) in [5.41, 5.74) is 7.55. The molecule has 11 heteroatoms. The summed E-state index contributed by atoms with van der Waals surface area (Å²) in [5, 5.41) is 2.03. The van der Waals surface area contributed by atoms with Crippen LogP contribution in [0.15, 0.2) is 121 Å². The van der Waals surface area contributed by atoms with E-state index in [-0.39, 0.29) is 49.6 Å². The maximum Gasteiger partial charge on any atom is 0.200 e. The number of fused-ring (bicyclic) bond motifs is 4. The molecular formula is C66H62F5N4OPt-3. The molecule has 0 N–H and O–H groups in total. The summed E-state index contributed by atoms with van der Waals surface area (Å²) in [5.74, 6) is -8.30. The van der Waals surface area contributed by atoms with E-state index in [0.29, 0.717) is 39.7 Å². The van der Waals surface area contributed by atoms with Crippen molar-refractivity contribution < 1.29 is 47.8 Å². The maximum absolute atomic E-state index is 16.6. The molecule has 0 atom stereocenters. The van der Waals surface area contributed by atoms with Crippen LogP contribution in [-0.2, 0) is 37.3 Å². The zero-order chi connectivity index (χ0) is 54.5. The smallest absolute Gasteiger partial charge is 0.200 e. The Hall–Kier alpha value is -6.77. The molecule has 0 fully saturated rings. The number of aromatic nitrogens is 2. The minimum atomic E-state index is -2.22. The van der Waals surface area contributed by atoms with Gasteiger partial charge in [0.15, 0.2) is 23.3 Å². The van der Waals surface area contributed by atoms with E-state index < -0.39 is 45.5 Å². The number of para-hydroxylation sites is 3. The van der Waals surface area contributed by atoms with Crippen molar-refractivity contribution in [2.75, 3.05) is 9.80 Å². The zero-order valence-electron chi connectivity index (χ0n) is 45.7. The third-order valence-corrected chi connectivity index (χ3v) is 14.5. The fourth-order valence-corrected chi connectivity index (χ4v) is 10.0. The predicted molar refractivity (Wildman–Crippen MR) is 299 cm³/mol. The molecule has 7 aromatic carbocycles. The van der Waals surface area contributed by atoms with Gasteiger partial charge in [-0.25, -0.2) is 26.9 Å². The predicted octanol–water partition coefficient (Wildman–Crippen LogP) is 19.1. The van der Waals surface area contributed by atoms with Crippen LogP contribution in [0.3, 0.4) is 0 Å². The summed E-state index contributed by atoms with van der Waals surface area (Å²) in [6.07, 6.45) is 1.84. The first-order valence-corrected chi connectivity index (χ1v) is 25.9. The fraction of sp³-hybridized carbons (Fsp3) is 0.273. The molecule has 0 radical (unpaired) electrons. The van der Waals surface area contributed by atoms with Gasteiger partial charge in [0, 0.05) is 72.5 Å². The van der Waals surface area contributed by atoms with Crippen LogP contribution in [0.4, 0.5) is 44.7 Å². The molecule has 0 unspecified atom stereocenters. The molecule has 0 amide bonds. The summed E-state index contributed by atoms with van der Waals surface area (Å²) in [7, 11) is 0. The Balaban J connectivity index is 0.00000722. The number of nitrogens with zero attached hydrogens (tertiary/aromatic N) is 4. The van der Waals surface area contributed by atoms with Crippen LogP contribution in [0.2, 0.25) is 0 Å². The molecule has 1 aliphatic heterocycles. The Kier molecular flexibility index (Phi) is 14.4. The van der Waals surface area contributed by atoms with Gasteiger partial charge in [-0.15, -0.1) is 53.6 Å². The van der Waals surface area contributed by atoms with Crippen LogP contribution in [0.1, 0.15) is 130 Å². The van der Waals surface area contributed by atoms with Gasteiger partial charge >= 0.3 is 0 Å². The Morgan fingerprint density at radius 3 is 1.70 bits per heavy atom. The van der Waals surface area contributed by atoms with Gasteiger partial charge in [0.2, 0.25) is 5.82 Å². The molecule has 0 saturated carbocycles. The standard InChI is InChI=1S/C66H62F5N4O.Pt/c1-37(2)39-26-40(38(3)4)28-41(27-39)50-31-44(66(11,12)13)32-51(57-58(67)60(69)62(71)61(70)59(57)68)63(50)74-36-73(53-20-16-17-21-54(53)74)45-29-43(65(8,9)10)30-47(34-45)76-46-22-23-49-48-18-14-15-19-52(48)75(55(49)35-46)56-33-42(24-25-72-56)64(5,6)7;/h14-33,36-38H,1-13H3;/q-3;. The third kappa shape index (κ3) is 10.1. The normalized spacial score (nSPS) is 13.1. The van der Waals surface area contributed by atoms with E-state index in [1.165, 1.54) is 0 Å². The molecule has 3 heterocycles. The fourth-order valence-electron chi connectivity index (χ4n) is 10.0. The second-order valence-electron chi connectivity index (χ2n) is 23.7. The third-order valence-electron chi connectivity index (χ3n) is 14.5. The zero-order valence-corrected chi connectivity index (χ0v) is 48.0. The number of hydrogen-bond donors (Lipinski definition) is 0. The van der Waals surface area contributed by atoms with Crippen molar-refractivity contribution in [2.45, 2.75) is 118 Å². The van der Waals surface area contributed by atoms with E-state index in [9.17, 15) is 4.39 Å². The van der Waals surface area contributed by atoms with Crippen molar-refractivity contribution in [1.82, 2.24) is 9.55 Å². The largest absolute Gasteiger partial charge is 0.509 e. The van der Waals surface area contributed by atoms with Gasteiger partial charge < -0.3 is 19.1 Å². The van der Waals surface area contributed by atoms with Crippen LogP contribution in [0, 0.1) is 47.9 Å². The second kappa shape index (κ2) is 20.2. The molecule has 0 aliphatic carbocycles. The summed E-state index contributed by atoms with van der Waals surface area (Å²) in [4.78, 5) is 8.56. The molecule has 9 aromatic rings.